The van der Waals surface area contributed by atoms with Gasteiger partial charge in [0.2, 0.25) is 0 Å². The van der Waals surface area contributed by atoms with Crippen LogP contribution in [-0.2, 0) is 0 Å². The van der Waals surface area contributed by atoms with E-state index in [1.165, 1.54) is 0 Å². The first-order valence-electron chi connectivity index (χ1n) is 4.39. The summed E-state index contributed by atoms with van der Waals surface area (Å²) >= 11 is 0. The minimum absolute atomic E-state index is 0. The molecule has 0 heterocycles. The molecule has 2 rings (SSSR count). The zero-order valence-corrected chi connectivity index (χ0v) is 8.59. The van der Waals surface area contributed by atoms with Gasteiger partial charge in [0.25, 0.3) is 0 Å². The van der Waals surface area contributed by atoms with Crippen LogP contribution in [0, 0.1) is 6.07 Å². The van der Waals surface area contributed by atoms with Crippen LogP contribution >= 0.6 is 0 Å². The van der Waals surface area contributed by atoms with Crippen LogP contribution in [0.1, 0.15) is 0 Å². The van der Waals surface area contributed by atoms with Crippen molar-refractivity contribution in [2.75, 3.05) is 0 Å². The van der Waals surface area contributed by atoms with Crippen molar-refractivity contribution in [1.82, 2.24) is 0 Å². The summed E-state index contributed by atoms with van der Waals surface area (Å²) in [4.78, 5) is 0. The number of hydrogen-bond donors (Lipinski definition) is 0. The third-order valence-corrected chi connectivity index (χ3v) is 1.72. The Bertz CT molecular complexity index is 371. The van der Waals surface area contributed by atoms with Crippen molar-refractivity contribution in [3.05, 3.63) is 60.7 Å². The number of benzene rings is 2. The van der Waals surface area contributed by atoms with Crippen molar-refractivity contribution in [2.45, 2.75) is 0 Å². The van der Waals surface area contributed by atoms with Crippen LogP contribution in [0.5, 0.6) is 0 Å². The van der Waals surface area contributed by atoms with E-state index in [0.29, 0.717) is 0 Å². The zero-order valence-electron chi connectivity index (χ0n) is 8.59. The van der Waals surface area contributed by atoms with E-state index < -0.39 is 0 Å². The van der Waals surface area contributed by atoms with Crippen LogP contribution in [0.2, 0.25) is 0 Å². The van der Waals surface area contributed by atoms with Crippen LogP contribution in [-0.4, -0.2) is 0 Å². The zero-order chi connectivity index (χ0) is 9.64. The molecule has 0 saturated carbocycles. The molecule has 2 aromatic rings. The van der Waals surface area contributed by atoms with E-state index in [2.05, 4.69) is 16.3 Å². The number of azo groups is 1. The van der Waals surface area contributed by atoms with E-state index in [-0.39, 0.29) is 18.9 Å². The second-order valence-electron chi connectivity index (χ2n) is 2.78. The first kappa shape index (κ1) is 11.7. The molecular formula is C12H9LiN2. The van der Waals surface area contributed by atoms with Gasteiger partial charge < -0.3 is 0 Å². The largest absolute Gasteiger partial charge is 1.00 e. The first-order valence-corrected chi connectivity index (χ1v) is 4.39. The van der Waals surface area contributed by atoms with Crippen molar-refractivity contribution in [2.24, 2.45) is 10.2 Å². The molecule has 2 nitrogen and oxygen atoms in total. The molecule has 0 fully saturated rings. The average molecular weight is 188 g/mol. The summed E-state index contributed by atoms with van der Waals surface area (Å²) in [6.45, 7) is 0. The predicted molar refractivity (Wildman–Crippen MR) is 55.9 cm³/mol. The monoisotopic (exact) mass is 188 g/mol. The Kier molecular flexibility index (Phi) is 4.83. The first-order chi connectivity index (χ1) is 6.95. The smallest absolute Gasteiger partial charge is 0.178 e. The minimum Gasteiger partial charge on any atom is -0.178 e. The van der Waals surface area contributed by atoms with Gasteiger partial charge in [0, 0.05) is 0 Å². The Hall–Kier alpha value is -1.36. The molecule has 0 unspecified atom stereocenters. The molecule has 0 bridgehead atoms. The van der Waals surface area contributed by atoms with Gasteiger partial charge in [0.05, 0.1) is 5.69 Å². The normalized spacial score (nSPS) is 9.87. The number of rotatable bonds is 2. The molecule has 0 aromatic heterocycles. The van der Waals surface area contributed by atoms with Gasteiger partial charge in [0.15, 0.2) is 0 Å². The van der Waals surface area contributed by atoms with Crippen molar-refractivity contribution in [1.29, 1.82) is 0 Å². The summed E-state index contributed by atoms with van der Waals surface area (Å²) in [5, 5.41) is 8.12. The van der Waals surface area contributed by atoms with Crippen LogP contribution < -0.4 is 18.9 Å². The molecule has 0 atom stereocenters. The maximum absolute atomic E-state index is 4.07. The second kappa shape index (κ2) is 6.18. The van der Waals surface area contributed by atoms with Gasteiger partial charge in [-0.3, -0.25) is 0 Å². The second-order valence-corrected chi connectivity index (χ2v) is 2.78. The van der Waals surface area contributed by atoms with E-state index in [1.807, 2.05) is 54.6 Å². The third-order valence-electron chi connectivity index (χ3n) is 1.72. The van der Waals surface area contributed by atoms with Gasteiger partial charge in [-0.05, 0) is 17.8 Å². The fraction of sp³-hybridized carbons (Fsp3) is 0. The van der Waals surface area contributed by atoms with E-state index >= 15 is 0 Å². The van der Waals surface area contributed by atoms with Crippen molar-refractivity contribution >= 4 is 11.4 Å². The number of nitrogens with zero attached hydrogens (tertiary/aromatic N) is 2. The summed E-state index contributed by atoms with van der Waals surface area (Å²) in [6.07, 6.45) is 0. The van der Waals surface area contributed by atoms with Gasteiger partial charge in [-0.15, -0.1) is 6.07 Å². The Balaban J connectivity index is 0.00000112. The van der Waals surface area contributed by atoms with E-state index in [4.69, 9.17) is 0 Å². The fourth-order valence-electron chi connectivity index (χ4n) is 1.05. The molecule has 0 aliphatic carbocycles. The SMILES string of the molecule is [Li+].[c-]1ccccc1N=Nc1ccccc1. The molecule has 0 spiro atoms. The van der Waals surface area contributed by atoms with Crippen LogP contribution in [0.3, 0.4) is 0 Å². The molecule has 0 N–H and O–H groups in total. The van der Waals surface area contributed by atoms with Crippen molar-refractivity contribution < 1.29 is 18.9 Å². The van der Waals surface area contributed by atoms with Crippen LogP contribution in [0.4, 0.5) is 11.4 Å². The molecule has 0 radical (unpaired) electrons. The Morgan fingerprint density at radius 2 is 1.53 bits per heavy atom. The quantitative estimate of drug-likeness (QED) is 0.380. The Morgan fingerprint density at radius 3 is 2.20 bits per heavy atom. The molecule has 0 saturated heterocycles. The topological polar surface area (TPSA) is 24.7 Å². The van der Waals surface area contributed by atoms with E-state index in [0.717, 1.165) is 11.4 Å². The van der Waals surface area contributed by atoms with Crippen molar-refractivity contribution in [3.8, 4) is 0 Å². The molecule has 0 amide bonds. The molecule has 15 heavy (non-hydrogen) atoms. The van der Waals surface area contributed by atoms with E-state index in [9.17, 15) is 0 Å². The van der Waals surface area contributed by atoms with Gasteiger partial charge >= 0.3 is 18.9 Å². The summed E-state index contributed by atoms with van der Waals surface area (Å²) < 4.78 is 0. The molecule has 0 aliphatic rings. The minimum atomic E-state index is 0. The summed E-state index contributed by atoms with van der Waals surface area (Å²) in [7, 11) is 0. The summed E-state index contributed by atoms with van der Waals surface area (Å²) in [5.41, 5.74) is 1.60. The fourth-order valence-corrected chi connectivity index (χ4v) is 1.05. The summed E-state index contributed by atoms with van der Waals surface area (Å²) in [5.74, 6) is 0. The molecule has 3 heteroatoms. The van der Waals surface area contributed by atoms with Gasteiger partial charge in [0.1, 0.15) is 0 Å². The maximum atomic E-state index is 4.07. The van der Waals surface area contributed by atoms with E-state index in [1.54, 1.807) is 0 Å². The Labute approximate surface area is 101 Å². The average Bonchev–Trinajstić information content (AvgIpc) is 2.29. The molecule has 0 aliphatic heterocycles. The molecular weight excluding hydrogens is 179 g/mol. The summed E-state index contributed by atoms with van der Waals surface area (Å²) in [6, 6.07) is 20.1. The predicted octanol–water partition coefficient (Wildman–Crippen LogP) is 0.906. The molecule has 2 aromatic carbocycles. The van der Waals surface area contributed by atoms with Gasteiger partial charge in [-0.25, -0.2) is 0 Å². The van der Waals surface area contributed by atoms with Gasteiger partial charge in [-0.1, -0.05) is 18.2 Å². The van der Waals surface area contributed by atoms with Crippen LogP contribution in [0.25, 0.3) is 0 Å². The molecule has 68 valence electrons. The van der Waals surface area contributed by atoms with Gasteiger partial charge in [-0.2, -0.15) is 34.5 Å². The maximum Gasteiger partial charge on any atom is 1.00 e. The standard InChI is InChI=1S/C12H9N2.Li/c1-3-7-11(8-4-1)13-14-12-9-5-2-6-10-12;/h1-9H;/q-1;+1. The van der Waals surface area contributed by atoms with Crippen molar-refractivity contribution in [3.63, 3.8) is 0 Å². The third kappa shape index (κ3) is 3.71. The van der Waals surface area contributed by atoms with Crippen LogP contribution in [0.15, 0.2) is 64.8 Å². The number of hydrogen-bond acceptors (Lipinski definition) is 2. The Morgan fingerprint density at radius 1 is 0.800 bits per heavy atom.